The van der Waals surface area contributed by atoms with Crippen LogP contribution in [0.3, 0.4) is 0 Å². The summed E-state index contributed by atoms with van der Waals surface area (Å²) < 4.78 is 26.7. The van der Waals surface area contributed by atoms with Crippen LogP contribution in [0.2, 0.25) is 0 Å². The van der Waals surface area contributed by atoms with Crippen molar-refractivity contribution >= 4 is 21.6 Å². The van der Waals surface area contributed by atoms with Crippen molar-refractivity contribution in [3.8, 4) is 0 Å². The van der Waals surface area contributed by atoms with Gasteiger partial charge in [-0.05, 0) is 24.6 Å². The molecule has 122 valence electrons. The molecule has 1 aliphatic rings. The molecule has 1 amide bonds. The molecule has 0 radical (unpaired) electrons. The highest BCUT2D eigenvalue weighted by molar-refractivity contribution is 7.90. The topological polar surface area (TPSA) is 78.5 Å². The van der Waals surface area contributed by atoms with E-state index < -0.39 is 10.0 Å². The van der Waals surface area contributed by atoms with Gasteiger partial charge in [0.05, 0.1) is 5.25 Å². The number of hydrogen-bond acceptors (Lipinski definition) is 4. The Morgan fingerprint density at radius 3 is 2.77 bits per heavy atom. The Morgan fingerprint density at radius 2 is 2.09 bits per heavy atom. The van der Waals surface area contributed by atoms with Gasteiger partial charge in [0.2, 0.25) is 15.9 Å². The average molecular weight is 325 g/mol. The van der Waals surface area contributed by atoms with Gasteiger partial charge in [-0.15, -0.1) is 0 Å². The normalized spacial score (nSPS) is 19.3. The van der Waals surface area contributed by atoms with Gasteiger partial charge in [0, 0.05) is 32.2 Å². The van der Waals surface area contributed by atoms with E-state index in [0.717, 1.165) is 17.8 Å². The number of nitrogens with zero attached hydrogens (tertiary/aromatic N) is 1. The second-order valence-corrected chi connectivity index (χ2v) is 7.57. The van der Waals surface area contributed by atoms with Crippen LogP contribution >= 0.6 is 0 Å². The summed E-state index contributed by atoms with van der Waals surface area (Å²) in [7, 11) is -3.23. The van der Waals surface area contributed by atoms with Crippen molar-refractivity contribution in [1.82, 2.24) is 9.62 Å². The van der Waals surface area contributed by atoms with Gasteiger partial charge in [0.25, 0.3) is 0 Å². The highest BCUT2D eigenvalue weighted by atomic mass is 32.2. The molecule has 1 unspecified atom stereocenters. The smallest absolute Gasteiger partial charge is 0.221 e. The number of carbonyl (C=O) groups excluding carboxylic acids is 1. The van der Waals surface area contributed by atoms with Crippen LogP contribution in [0.1, 0.15) is 25.8 Å². The fraction of sp³-hybridized carbons (Fsp3) is 0.533. The average Bonchev–Trinajstić information content (AvgIpc) is 2.90. The Morgan fingerprint density at radius 1 is 1.36 bits per heavy atom. The molecule has 1 fully saturated rings. The van der Waals surface area contributed by atoms with E-state index in [9.17, 15) is 13.2 Å². The van der Waals surface area contributed by atoms with Gasteiger partial charge in [-0.25, -0.2) is 13.1 Å². The molecule has 2 N–H and O–H groups in total. The number of rotatable bonds is 6. The fourth-order valence-electron chi connectivity index (χ4n) is 2.72. The zero-order valence-electron chi connectivity index (χ0n) is 13.0. The predicted octanol–water partition coefficient (Wildman–Crippen LogP) is 1.16. The van der Waals surface area contributed by atoms with E-state index in [1.54, 1.807) is 6.92 Å². The van der Waals surface area contributed by atoms with Gasteiger partial charge in [-0.1, -0.05) is 25.1 Å². The standard InChI is InChI=1S/C15H23N3O3S/c1-3-16-22(20,21)14-8-9-18(11-14)10-13-6-4-5-7-15(13)17-12(2)19/h4-7,14,16H,3,8-11H2,1-2H3,(H,17,19). The minimum atomic E-state index is -3.23. The number of likely N-dealkylation sites (tertiary alicyclic amines) is 1. The molecule has 1 aromatic rings. The first-order chi connectivity index (χ1) is 10.4. The lowest BCUT2D eigenvalue weighted by atomic mass is 10.1. The van der Waals surface area contributed by atoms with Gasteiger partial charge in [-0.2, -0.15) is 0 Å². The maximum Gasteiger partial charge on any atom is 0.221 e. The summed E-state index contributed by atoms with van der Waals surface area (Å²) in [5.74, 6) is -0.110. The predicted molar refractivity (Wildman–Crippen MR) is 87.0 cm³/mol. The molecule has 0 aliphatic carbocycles. The highest BCUT2D eigenvalue weighted by Gasteiger charge is 2.32. The summed E-state index contributed by atoms with van der Waals surface area (Å²) in [5.41, 5.74) is 1.78. The number of sulfonamides is 1. The molecule has 22 heavy (non-hydrogen) atoms. The van der Waals surface area contributed by atoms with Crippen molar-refractivity contribution in [2.45, 2.75) is 32.1 Å². The Hall–Kier alpha value is -1.44. The zero-order chi connectivity index (χ0) is 16.2. The molecule has 1 aromatic carbocycles. The van der Waals surface area contributed by atoms with Crippen LogP contribution in [0.4, 0.5) is 5.69 Å². The molecular formula is C15H23N3O3S. The van der Waals surface area contributed by atoms with Gasteiger partial charge in [0.1, 0.15) is 0 Å². The Bertz CT molecular complexity index is 631. The third-order valence-electron chi connectivity index (χ3n) is 3.74. The van der Waals surface area contributed by atoms with E-state index >= 15 is 0 Å². The van der Waals surface area contributed by atoms with Crippen molar-refractivity contribution in [2.24, 2.45) is 0 Å². The van der Waals surface area contributed by atoms with Crippen LogP contribution in [-0.2, 0) is 21.4 Å². The molecule has 0 saturated carbocycles. The molecule has 1 atom stereocenters. The molecule has 2 rings (SSSR count). The Balaban J connectivity index is 2.03. The largest absolute Gasteiger partial charge is 0.326 e. The fourth-order valence-corrected chi connectivity index (χ4v) is 4.18. The van der Waals surface area contributed by atoms with Gasteiger partial charge in [0.15, 0.2) is 0 Å². The van der Waals surface area contributed by atoms with Crippen LogP contribution in [0, 0.1) is 0 Å². The van der Waals surface area contributed by atoms with Crippen LogP contribution in [0.15, 0.2) is 24.3 Å². The maximum absolute atomic E-state index is 12.0. The molecular weight excluding hydrogens is 302 g/mol. The molecule has 0 bridgehead atoms. The Labute approximate surface area is 131 Å². The zero-order valence-corrected chi connectivity index (χ0v) is 13.8. The summed E-state index contributed by atoms with van der Waals surface area (Å²) in [5, 5.41) is 2.45. The lowest BCUT2D eigenvalue weighted by Gasteiger charge is -2.18. The van der Waals surface area contributed by atoms with Gasteiger partial charge in [-0.3, -0.25) is 9.69 Å². The van der Waals surface area contributed by atoms with Crippen LogP contribution in [0.5, 0.6) is 0 Å². The summed E-state index contributed by atoms with van der Waals surface area (Å²) in [6, 6.07) is 7.61. The van der Waals surface area contributed by atoms with Crippen molar-refractivity contribution in [1.29, 1.82) is 0 Å². The Kier molecular flexibility index (Phi) is 5.55. The number of benzene rings is 1. The van der Waals surface area contributed by atoms with E-state index in [0.29, 0.717) is 26.1 Å². The summed E-state index contributed by atoms with van der Waals surface area (Å²) in [6.07, 6.45) is 0.637. The number of nitrogens with one attached hydrogen (secondary N) is 2. The van der Waals surface area contributed by atoms with Gasteiger partial charge >= 0.3 is 0 Å². The molecule has 0 aromatic heterocycles. The molecule has 1 saturated heterocycles. The van der Waals surface area contributed by atoms with E-state index in [1.165, 1.54) is 6.92 Å². The van der Waals surface area contributed by atoms with E-state index in [-0.39, 0.29) is 11.2 Å². The van der Waals surface area contributed by atoms with Gasteiger partial charge < -0.3 is 5.32 Å². The van der Waals surface area contributed by atoms with Crippen molar-refractivity contribution in [2.75, 3.05) is 25.0 Å². The quantitative estimate of drug-likeness (QED) is 0.823. The SMILES string of the molecule is CCNS(=O)(=O)C1CCN(Cc2ccccc2NC(C)=O)C1. The number of anilines is 1. The molecule has 1 aliphatic heterocycles. The van der Waals surface area contributed by atoms with E-state index in [4.69, 9.17) is 0 Å². The molecule has 0 spiro atoms. The number of carbonyl (C=O) groups is 1. The van der Waals surface area contributed by atoms with Crippen LogP contribution in [-0.4, -0.2) is 44.1 Å². The number of amides is 1. The van der Waals surface area contributed by atoms with E-state index in [1.807, 2.05) is 24.3 Å². The molecule has 1 heterocycles. The number of hydrogen-bond donors (Lipinski definition) is 2. The first kappa shape index (κ1) is 16.9. The third-order valence-corrected chi connectivity index (χ3v) is 5.69. The highest BCUT2D eigenvalue weighted by Crippen LogP contribution is 2.22. The second kappa shape index (κ2) is 7.21. The lowest BCUT2D eigenvalue weighted by molar-refractivity contribution is -0.114. The second-order valence-electron chi connectivity index (χ2n) is 5.53. The van der Waals surface area contributed by atoms with Crippen molar-refractivity contribution in [3.63, 3.8) is 0 Å². The maximum atomic E-state index is 12.0. The van der Waals surface area contributed by atoms with E-state index in [2.05, 4.69) is 14.9 Å². The number of para-hydroxylation sites is 1. The first-order valence-electron chi connectivity index (χ1n) is 7.48. The van der Waals surface area contributed by atoms with Crippen LogP contribution in [0.25, 0.3) is 0 Å². The molecule has 6 nitrogen and oxygen atoms in total. The summed E-state index contributed by atoms with van der Waals surface area (Å²) in [6.45, 7) is 5.58. The van der Waals surface area contributed by atoms with Crippen molar-refractivity contribution < 1.29 is 13.2 Å². The monoisotopic (exact) mass is 325 g/mol. The lowest BCUT2D eigenvalue weighted by Crippen LogP contribution is -2.36. The molecule has 7 heteroatoms. The van der Waals surface area contributed by atoms with Crippen molar-refractivity contribution in [3.05, 3.63) is 29.8 Å². The minimum Gasteiger partial charge on any atom is -0.326 e. The van der Waals surface area contributed by atoms with Crippen LogP contribution < -0.4 is 10.0 Å². The summed E-state index contributed by atoms with van der Waals surface area (Å²) in [4.78, 5) is 13.4. The first-order valence-corrected chi connectivity index (χ1v) is 9.03. The third kappa shape index (κ3) is 4.28. The minimum absolute atomic E-state index is 0.110. The summed E-state index contributed by atoms with van der Waals surface area (Å²) >= 11 is 0.